The van der Waals surface area contributed by atoms with Crippen LogP contribution in [0.4, 0.5) is 5.69 Å². The number of nitrogens with one attached hydrogen (secondary N) is 1. The van der Waals surface area contributed by atoms with Crippen LogP contribution in [0.3, 0.4) is 0 Å². The summed E-state index contributed by atoms with van der Waals surface area (Å²) in [5.41, 5.74) is 0.600. The molecule has 21 heavy (non-hydrogen) atoms. The van der Waals surface area contributed by atoms with E-state index in [4.69, 9.17) is 5.11 Å². The molecule has 1 amide bonds. The highest BCUT2D eigenvalue weighted by Crippen LogP contribution is 2.21. The SMILES string of the molecule is Cc1nc(C=CC(=O)Nc2ccc(O)cc2C(=O)O)cs1. The Morgan fingerprint density at radius 1 is 1.38 bits per heavy atom. The summed E-state index contributed by atoms with van der Waals surface area (Å²) in [4.78, 5) is 27.0. The summed E-state index contributed by atoms with van der Waals surface area (Å²) >= 11 is 1.47. The molecule has 2 aromatic rings. The van der Waals surface area contributed by atoms with Crippen molar-refractivity contribution in [1.82, 2.24) is 4.98 Å². The number of aromatic carboxylic acids is 1. The fourth-order valence-corrected chi connectivity index (χ4v) is 2.19. The summed E-state index contributed by atoms with van der Waals surface area (Å²) in [6, 6.07) is 3.71. The number of carbonyl (C=O) groups excluding carboxylic acids is 1. The zero-order valence-electron chi connectivity index (χ0n) is 11.0. The summed E-state index contributed by atoms with van der Waals surface area (Å²) in [7, 11) is 0. The van der Waals surface area contributed by atoms with Crippen LogP contribution in [-0.4, -0.2) is 27.1 Å². The molecule has 0 aliphatic rings. The Morgan fingerprint density at radius 2 is 2.14 bits per heavy atom. The molecule has 0 fully saturated rings. The number of carboxylic acids is 1. The third kappa shape index (κ3) is 3.90. The quantitative estimate of drug-likeness (QED) is 0.595. The standard InChI is InChI=1S/C14H12N2O4S/c1-8-15-9(7-21-8)2-5-13(18)16-12-4-3-10(17)6-11(12)14(19)20/h2-7,17H,1H3,(H,16,18)(H,19,20). The van der Waals surface area contributed by atoms with E-state index in [2.05, 4.69) is 10.3 Å². The summed E-state index contributed by atoms with van der Waals surface area (Å²) < 4.78 is 0. The number of thiazole rings is 1. The lowest BCUT2D eigenvalue weighted by Gasteiger charge is -2.06. The van der Waals surface area contributed by atoms with Crippen molar-refractivity contribution < 1.29 is 19.8 Å². The Balaban J connectivity index is 2.13. The summed E-state index contributed by atoms with van der Waals surface area (Å²) in [6.07, 6.45) is 2.81. The van der Waals surface area contributed by atoms with Crippen molar-refractivity contribution in [2.24, 2.45) is 0 Å². The molecule has 2 rings (SSSR count). The first-order valence-electron chi connectivity index (χ1n) is 5.93. The molecule has 0 saturated carbocycles. The van der Waals surface area contributed by atoms with E-state index in [1.165, 1.54) is 29.5 Å². The van der Waals surface area contributed by atoms with E-state index in [0.717, 1.165) is 11.1 Å². The number of carboxylic acid groups (broad SMARTS) is 1. The normalized spacial score (nSPS) is 10.7. The number of benzene rings is 1. The van der Waals surface area contributed by atoms with Gasteiger partial charge in [0, 0.05) is 11.5 Å². The van der Waals surface area contributed by atoms with E-state index in [0.29, 0.717) is 5.69 Å². The minimum atomic E-state index is -1.24. The van der Waals surface area contributed by atoms with Crippen LogP contribution < -0.4 is 5.32 Å². The molecule has 7 heteroatoms. The molecule has 0 unspecified atom stereocenters. The molecule has 0 spiro atoms. The van der Waals surface area contributed by atoms with Crippen LogP contribution in [0.1, 0.15) is 21.1 Å². The molecule has 0 bridgehead atoms. The molecule has 0 saturated heterocycles. The Bertz CT molecular complexity index is 722. The van der Waals surface area contributed by atoms with Gasteiger partial charge >= 0.3 is 5.97 Å². The molecule has 1 aromatic carbocycles. The number of aromatic hydroxyl groups is 1. The van der Waals surface area contributed by atoms with Gasteiger partial charge in [0.05, 0.1) is 22.0 Å². The van der Waals surface area contributed by atoms with Crippen LogP contribution in [0, 0.1) is 6.92 Å². The fraction of sp³-hybridized carbons (Fsp3) is 0.0714. The molecule has 0 atom stereocenters. The second-order valence-electron chi connectivity index (χ2n) is 4.15. The average Bonchev–Trinajstić information content (AvgIpc) is 2.84. The summed E-state index contributed by atoms with van der Waals surface area (Å²) in [6.45, 7) is 1.86. The highest BCUT2D eigenvalue weighted by atomic mass is 32.1. The van der Waals surface area contributed by atoms with E-state index < -0.39 is 11.9 Å². The molecule has 3 N–H and O–H groups in total. The maximum atomic E-state index is 11.8. The van der Waals surface area contributed by atoms with E-state index in [1.54, 1.807) is 6.08 Å². The van der Waals surface area contributed by atoms with Gasteiger partial charge in [-0.25, -0.2) is 9.78 Å². The van der Waals surface area contributed by atoms with E-state index in [1.807, 2.05) is 12.3 Å². The van der Waals surface area contributed by atoms with Crippen molar-refractivity contribution in [2.75, 3.05) is 5.32 Å². The molecule has 1 heterocycles. The van der Waals surface area contributed by atoms with Gasteiger partial charge < -0.3 is 15.5 Å². The second-order valence-corrected chi connectivity index (χ2v) is 5.21. The van der Waals surface area contributed by atoms with Crippen LogP contribution in [-0.2, 0) is 4.79 Å². The van der Waals surface area contributed by atoms with Gasteiger partial charge in [0.2, 0.25) is 5.91 Å². The largest absolute Gasteiger partial charge is 0.508 e. The Hall–Kier alpha value is -2.67. The zero-order valence-corrected chi connectivity index (χ0v) is 11.8. The minimum Gasteiger partial charge on any atom is -0.508 e. The first-order chi connectivity index (χ1) is 9.95. The number of hydrogen-bond acceptors (Lipinski definition) is 5. The van der Waals surface area contributed by atoms with Gasteiger partial charge in [-0.1, -0.05) is 0 Å². The van der Waals surface area contributed by atoms with Gasteiger partial charge in [0.15, 0.2) is 0 Å². The van der Waals surface area contributed by atoms with Crippen LogP contribution in [0.25, 0.3) is 6.08 Å². The van der Waals surface area contributed by atoms with Crippen molar-refractivity contribution in [3.63, 3.8) is 0 Å². The van der Waals surface area contributed by atoms with Crippen molar-refractivity contribution in [3.8, 4) is 5.75 Å². The van der Waals surface area contributed by atoms with E-state index in [9.17, 15) is 14.7 Å². The first kappa shape index (κ1) is 14.7. The number of carbonyl (C=O) groups is 2. The predicted octanol–water partition coefficient (Wildman–Crippen LogP) is 2.51. The maximum absolute atomic E-state index is 11.8. The van der Waals surface area contributed by atoms with E-state index in [-0.39, 0.29) is 17.0 Å². The summed E-state index contributed by atoms with van der Waals surface area (Å²) in [5.74, 6) is -1.90. The first-order valence-corrected chi connectivity index (χ1v) is 6.81. The number of aryl methyl sites for hydroxylation is 1. The zero-order chi connectivity index (χ0) is 15.4. The monoisotopic (exact) mass is 304 g/mol. The van der Waals surface area contributed by atoms with Gasteiger partial charge in [0.1, 0.15) is 5.75 Å². The van der Waals surface area contributed by atoms with Gasteiger partial charge in [0.25, 0.3) is 0 Å². The summed E-state index contributed by atoms with van der Waals surface area (Å²) in [5, 5.41) is 23.5. The molecular formula is C14H12N2O4S. The van der Waals surface area contributed by atoms with Crippen LogP contribution in [0.5, 0.6) is 5.75 Å². The molecule has 108 valence electrons. The lowest BCUT2D eigenvalue weighted by Crippen LogP contribution is -2.11. The molecule has 1 aromatic heterocycles. The molecule has 6 nitrogen and oxygen atoms in total. The third-order valence-corrected chi connectivity index (χ3v) is 3.33. The Labute approximate surface area is 124 Å². The van der Waals surface area contributed by atoms with Gasteiger partial charge in [-0.3, -0.25) is 4.79 Å². The van der Waals surface area contributed by atoms with Gasteiger partial charge in [-0.2, -0.15) is 0 Å². The topological polar surface area (TPSA) is 99.5 Å². The number of phenols is 1. The van der Waals surface area contributed by atoms with E-state index >= 15 is 0 Å². The predicted molar refractivity (Wildman–Crippen MR) is 79.6 cm³/mol. The highest BCUT2D eigenvalue weighted by Gasteiger charge is 2.12. The minimum absolute atomic E-state index is 0.115. The molecule has 0 aliphatic carbocycles. The number of phenolic OH excluding ortho intramolecular Hbond substituents is 1. The second kappa shape index (κ2) is 6.19. The highest BCUT2D eigenvalue weighted by molar-refractivity contribution is 7.09. The van der Waals surface area contributed by atoms with Crippen molar-refractivity contribution in [1.29, 1.82) is 0 Å². The number of hydrogen-bond donors (Lipinski definition) is 3. The van der Waals surface area contributed by atoms with Crippen LogP contribution in [0.15, 0.2) is 29.7 Å². The fourth-order valence-electron chi connectivity index (χ4n) is 1.61. The van der Waals surface area contributed by atoms with Crippen molar-refractivity contribution >= 4 is 35.0 Å². The van der Waals surface area contributed by atoms with Crippen molar-refractivity contribution in [3.05, 3.63) is 45.9 Å². The lowest BCUT2D eigenvalue weighted by molar-refractivity contribution is -0.111. The number of anilines is 1. The lowest BCUT2D eigenvalue weighted by atomic mass is 10.1. The van der Waals surface area contributed by atoms with Crippen LogP contribution >= 0.6 is 11.3 Å². The third-order valence-electron chi connectivity index (χ3n) is 2.53. The van der Waals surface area contributed by atoms with Crippen LogP contribution in [0.2, 0.25) is 0 Å². The Kier molecular flexibility index (Phi) is 4.34. The number of rotatable bonds is 4. The average molecular weight is 304 g/mol. The van der Waals surface area contributed by atoms with Gasteiger partial charge in [-0.05, 0) is 31.2 Å². The molecular weight excluding hydrogens is 292 g/mol. The number of amides is 1. The molecule has 0 radical (unpaired) electrons. The number of nitrogens with zero attached hydrogens (tertiary/aromatic N) is 1. The van der Waals surface area contributed by atoms with Crippen molar-refractivity contribution in [2.45, 2.75) is 6.92 Å². The van der Waals surface area contributed by atoms with Gasteiger partial charge in [-0.15, -0.1) is 11.3 Å². The Morgan fingerprint density at radius 3 is 2.76 bits per heavy atom. The smallest absolute Gasteiger partial charge is 0.337 e. The maximum Gasteiger partial charge on any atom is 0.337 e. The molecule has 0 aliphatic heterocycles. The number of aromatic nitrogens is 1.